The van der Waals surface area contributed by atoms with Gasteiger partial charge in [-0.05, 0) is 31.7 Å². The predicted octanol–water partition coefficient (Wildman–Crippen LogP) is 3.28. The van der Waals surface area contributed by atoms with Crippen molar-refractivity contribution in [1.82, 2.24) is 20.5 Å². The zero-order valence-corrected chi connectivity index (χ0v) is 18.6. The standard InChI is InChI=1S/C20H31N5OS2/c1-4-16-11-22-19(28-16)13-24-20(21-5-2)23-12-17(18-7-6-10-27-18)25-8-9-26-15(3)14-25/h6-7,10-11,15,17H,4-5,8-9,12-14H2,1-3H3,(H2,21,23,24). The van der Waals surface area contributed by atoms with Crippen LogP contribution in [0.25, 0.3) is 0 Å². The number of morpholine rings is 1. The van der Waals surface area contributed by atoms with Gasteiger partial charge in [-0.3, -0.25) is 4.90 Å². The molecule has 154 valence electrons. The molecular formula is C20H31N5OS2. The van der Waals surface area contributed by atoms with Crippen molar-refractivity contribution in [2.45, 2.75) is 45.9 Å². The molecule has 3 heterocycles. The van der Waals surface area contributed by atoms with E-state index in [1.165, 1.54) is 9.75 Å². The summed E-state index contributed by atoms with van der Waals surface area (Å²) in [5.41, 5.74) is 0. The SMILES string of the molecule is CCNC(=NCc1ncc(CC)s1)NCC(c1cccs1)N1CCOC(C)C1. The van der Waals surface area contributed by atoms with Gasteiger partial charge >= 0.3 is 0 Å². The summed E-state index contributed by atoms with van der Waals surface area (Å²) < 4.78 is 5.74. The van der Waals surface area contributed by atoms with E-state index in [1.54, 1.807) is 11.3 Å². The van der Waals surface area contributed by atoms with Crippen LogP contribution in [0.2, 0.25) is 0 Å². The second-order valence-electron chi connectivity index (χ2n) is 6.86. The van der Waals surface area contributed by atoms with Gasteiger partial charge in [0.05, 0.1) is 25.3 Å². The van der Waals surface area contributed by atoms with E-state index < -0.39 is 0 Å². The van der Waals surface area contributed by atoms with Crippen LogP contribution in [0, 0.1) is 0 Å². The van der Waals surface area contributed by atoms with Gasteiger partial charge in [-0.1, -0.05) is 13.0 Å². The number of thiazole rings is 1. The summed E-state index contributed by atoms with van der Waals surface area (Å²) in [5, 5.41) is 10.1. The molecule has 8 heteroatoms. The van der Waals surface area contributed by atoms with Crippen LogP contribution in [0.15, 0.2) is 28.7 Å². The number of guanidine groups is 1. The van der Waals surface area contributed by atoms with E-state index in [-0.39, 0.29) is 6.10 Å². The zero-order valence-electron chi connectivity index (χ0n) is 17.0. The summed E-state index contributed by atoms with van der Waals surface area (Å²) in [6.07, 6.45) is 3.26. The molecule has 2 aromatic heterocycles. The van der Waals surface area contributed by atoms with E-state index in [9.17, 15) is 0 Å². The molecule has 1 saturated heterocycles. The number of aryl methyl sites for hydroxylation is 1. The normalized spacial score (nSPS) is 19.5. The maximum absolute atomic E-state index is 5.74. The molecule has 0 aromatic carbocycles. The molecule has 1 aliphatic heterocycles. The summed E-state index contributed by atoms with van der Waals surface area (Å²) in [5.74, 6) is 0.846. The van der Waals surface area contributed by atoms with Gasteiger partial charge in [0.2, 0.25) is 0 Å². The van der Waals surface area contributed by atoms with Gasteiger partial charge in [-0.25, -0.2) is 9.98 Å². The fourth-order valence-electron chi connectivity index (χ4n) is 3.29. The first-order chi connectivity index (χ1) is 13.7. The molecule has 0 aliphatic carbocycles. The molecule has 2 aromatic rings. The summed E-state index contributed by atoms with van der Waals surface area (Å²) in [6.45, 7) is 11.4. The smallest absolute Gasteiger partial charge is 0.191 e. The molecule has 2 N–H and O–H groups in total. The van der Waals surface area contributed by atoms with Crippen molar-refractivity contribution in [3.05, 3.63) is 38.5 Å². The lowest BCUT2D eigenvalue weighted by molar-refractivity contribution is -0.0334. The molecule has 1 fully saturated rings. The number of nitrogens with one attached hydrogen (secondary N) is 2. The van der Waals surface area contributed by atoms with Crippen LogP contribution in [0.1, 0.15) is 41.6 Å². The Balaban J connectivity index is 1.65. The number of hydrogen-bond acceptors (Lipinski definition) is 6. The Morgan fingerprint density at radius 3 is 3.00 bits per heavy atom. The molecule has 0 spiro atoms. The molecule has 0 radical (unpaired) electrons. The van der Waals surface area contributed by atoms with Crippen molar-refractivity contribution < 1.29 is 4.74 Å². The highest BCUT2D eigenvalue weighted by molar-refractivity contribution is 7.11. The van der Waals surface area contributed by atoms with Crippen molar-refractivity contribution in [2.24, 2.45) is 4.99 Å². The van der Waals surface area contributed by atoms with Crippen LogP contribution >= 0.6 is 22.7 Å². The molecule has 28 heavy (non-hydrogen) atoms. The van der Waals surface area contributed by atoms with Gasteiger partial charge in [0.15, 0.2) is 5.96 Å². The number of rotatable bonds is 8. The third-order valence-corrected chi connectivity index (χ3v) is 6.81. The van der Waals surface area contributed by atoms with Crippen LogP contribution in [0.5, 0.6) is 0 Å². The summed E-state index contributed by atoms with van der Waals surface area (Å²) >= 11 is 3.56. The Bertz CT molecular complexity index is 731. The number of hydrogen-bond donors (Lipinski definition) is 2. The highest BCUT2D eigenvalue weighted by atomic mass is 32.1. The van der Waals surface area contributed by atoms with E-state index in [1.807, 2.05) is 17.5 Å². The molecule has 0 bridgehead atoms. The van der Waals surface area contributed by atoms with Gasteiger partial charge in [-0.2, -0.15) is 0 Å². The van der Waals surface area contributed by atoms with Gasteiger partial charge in [0.1, 0.15) is 5.01 Å². The minimum atomic E-state index is 0.274. The lowest BCUT2D eigenvalue weighted by atomic mass is 10.1. The van der Waals surface area contributed by atoms with E-state index in [0.29, 0.717) is 12.6 Å². The highest BCUT2D eigenvalue weighted by Crippen LogP contribution is 2.26. The Morgan fingerprint density at radius 1 is 1.43 bits per heavy atom. The summed E-state index contributed by atoms with van der Waals surface area (Å²) in [4.78, 5) is 14.4. The van der Waals surface area contributed by atoms with E-state index in [4.69, 9.17) is 9.73 Å². The van der Waals surface area contributed by atoms with Gasteiger partial charge in [0, 0.05) is 42.1 Å². The van der Waals surface area contributed by atoms with Crippen molar-refractivity contribution in [1.29, 1.82) is 0 Å². The molecule has 6 nitrogen and oxygen atoms in total. The first-order valence-electron chi connectivity index (χ1n) is 10.0. The van der Waals surface area contributed by atoms with E-state index >= 15 is 0 Å². The number of ether oxygens (including phenoxy) is 1. The third-order valence-electron chi connectivity index (χ3n) is 4.71. The number of aliphatic imine (C=N–C) groups is 1. The number of nitrogens with zero attached hydrogens (tertiary/aromatic N) is 3. The van der Waals surface area contributed by atoms with Crippen LogP contribution in [-0.2, 0) is 17.7 Å². The first kappa shape index (κ1) is 21.2. The molecule has 2 unspecified atom stereocenters. The molecule has 0 amide bonds. The minimum absolute atomic E-state index is 0.274. The number of thiophene rings is 1. The van der Waals surface area contributed by atoms with Gasteiger partial charge in [0.25, 0.3) is 0 Å². The Hall–Kier alpha value is -1.48. The topological polar surface area (TPSA) is 61.8 Å². The third kappa shape index (κ3) is 6.01. The van der Waals surface area contributed by atoms with Crippen molar-refractivity contribution in [3.63, 3.8) is 0 Å². The van der Waals surface area contributed by atoms with Crippen molar-refractivity contribution in [2.75, 3.05) is 32.8 Å². The van der Waals surface area contributed by atoms with Gasteiger partial charge in [-0.15, -0.1) is 22.7 Å². The fourth-order valence-corrected chi connectivity index (χ4v) is 4.93. The average molecular weight is 422 g/mol. The van der Waals surface area contributed by atoms with Crippen LogP contribution in [0.3, 0.4) is 0 Å². The second kappa shape index (κ2) is 10.9. The van der Waals surface area contributed by atoms with Gasteiger partial charge < -0.3 is 15.4 Å². The van der Waals surface area contributed by atoms with Crippen LogP contribution in [0.4, 0.5) is 0 Å². The summed E-state index contributed by atoms with van der Waals surface area (Å²) in [6, 6.07) is 4.68. The zero-order chi connectivity index (χ0) is 19.8. The maximum atomic E-state index is 5.74. The molecular weight excluding hydrogens is 390 g/mol. The lowest BCUT2D eigenvalue weighted by Gasteiger charge is -2.37. The Kier molecular flexibility index (Phi) is 8.27. The highest BCUT2D eigenvalue weighted by Gasteiger charge is 2.26. The lowest BCUT2D eigenvalue weighted by Crippen LogP contribution is -2.48. The van der Waals surface area contributed by atoms with Crippen molar-refractivity contribution in [3.8, 4) is 0 Å². The Labute approximate surface area is 176 Å². The average Bonchev–Trinajstić information content (AvgIpc) is 3.38. The van der Waals surface area contributed by atoms with Crippen LogP contribution in [-0.4, -0.2) is 54.7 Å². The maximum Gasteiger partial charge on any atom is 0.191 e. The molecule has 1 aliphatic rings. The molecule has 3 rings (SSSR count). The second-order valence-corrected chi connectivity index (χ2v) is 9.04. The quantitative estimate of drug-likeness (QED) is 0.506. The number of aromatic nitrogens is 1. The van der Waals surface area contributed by atoms with Crippen molar-refractivity contribution >= 4 is 28.6 Å². The Morgan fingerprint density at radius 2 is 2.32 bits per heavy atom. The first-order valence-corrected chi connectivity index (χ1v) is 11.7. The predicted molar refractivity (Wildman–Crippen MR) is 118 cm³/mol. The monoisotopic (exact) mass is 421 g/mol. The fraction of sp³-hybridized carbons (Fsp3) is 0.600. The van der Waals surface area contributed by atoms with E-state index in [2.05, 4.69) is 58.8 Å². The minimum Gasteiger partial charge on any atom is -0.376 e. The molecule has 2 atom stereocenters. The van der Waals surface area contributed by atoms with Crippen LogP contribution < -0.4 is 10.6 Å². The van der Waals surface area contributed by atoms with E-state index in [0.717, 1.165) is 50.2 Å². The molecule has 0 saturated carbocycles. The largest absolute Gasteiger partial charge is 0.376 e. The summed E-state index contributed by atoms with van der Waals surface area (Å²) in [7, 11) is 0.